The lowest BCUT2D eigenvalue weighted by Crippen LogP contribution is -2.23. The Morgan fingerprint density at radius 3 is 2.56 bits per heavy atom. The van der Waals surface area contributed by atoms with E-state index >= 15 is 0 Å². The van der Waals surface area contributed by atoms with E-state index < -0.39 is 6.36 Å². The van der Waals surface area contributed by atoms with Gasteiger partial charge in [0, 0.05) is 30.6 Å². The van der Waals surface area contributed by atoms with Crippen LogP contribution < -0.4 is 15.6 Å². The molecule has 10 heteroatoms. The van der Waals surface area contributed by atoms with Crippen LogP contribution in [0, 0.1) is 19.8 Å². The number of alkyl halides is 1. The van der Waals surface area contributed by atoms with Crippen LogP contribution in [0.2, 0.25) is 0 Å². The van der Waals surface area contributed by atoms with Gasteiger partial charge in [0.1, 0.15) is 28.4 Å². The second-order valence-corrected chi connectivity index (χ2v) is 12.0. The molecule has 2 atom stereocenters. The van der Waals surface area contributed by atoms with Gasteiger partial charge in [0.05, 0.1) is 17.0 Å². The van der Waals surface area contributed by atoms with Crippen molar-refractivity contribution in [3.05, 3.63) is 93.5 Å². The molecule has 43 heavy (non-hydrogen) atoms. The third kappa shape index (κ3) is 4.66. The standard InChI is InChI=1S/C33H31FN6O2S/c1-18-14-23(12-13-25(18)42-20(3)34)29-28-31(35-4)36-17-37-32(28)40(38-29)30(22-10-11-22)24-15-26-39(19(2)16-43-26)33(41)27(24)21-8-6-5-7-9-21/h5-9,12-17,20,22,30H,10-11H2,1-4H3,(H,35,36,37)/t20?,30-/m0/s1. The maximum Gasteiger partial charge on any atom is 0.264 e. The molecule has 1 unspecified atom stereocenters. The predicted molar refractivity (Wildman–Crippen MR) is 169 cm³/mol. The number of halogens is 1. The summed E-state index contributed by atoms with van der Waals surface area (Å²) in [6.07, 6.45) is 2.17. The molecule has 0 saturated heterocycles. The molecule has 1 N–H and O–H groups in total. The Labute approximate surface area is 251 Å². The number of anilines is 1. The average molecular weight is 595 g/mol. The van der Waals surface area contributed by atoms with E-state index in [0.29, 0.717) is 28.5 Å². The van der Waals surface area contributed by atoms with Crippen molar-refractivity contribution in [3.8, 4) is 28.1 Å². The summed E-state index contributed by atoms with van der Waals surface area (Å²) in [5.74, 6) is 1.43. The number of fused-ring (bicyclic) bond motifs is 2. The highest BCUT2D eigenvalue weighted by Gasteiger charge is 2.39. The fraction of sp³-hybridized carbons (Fsp3) is 0.273. The van der Waals surface area contributed by atoms with Gasteiger partial charge in [0.15, 0.2) is 5.65 Å². The van der Waals surface area contributed by atoms with Crippen molar-refractivity contribution in [2.24, 2.45) is 5.92 Å². The van der Waals surface area contributed by atoms with Gasteiger partial charge in [-0.2, -0.15) is 5.10 Å². The van der Waals surface area contributed by atoms with Crippen molar-refractivity contribution >= 4 is 33.0 Å². The zero-order chi connectivity index (χ0) is 29.8. The van der Waals surface area contributed by atoms with Gasteiger partial charge in [-0.25, -0.2) is 19.0 Å². The second-order valence-electron chi connectivity index (χ2n) is 11.1. The number of ether oxygens (including phenoxy) is 1. The van der Waals surface area contributed by atoms with Gasteiger partial charge in [0.25, 0.3) is 5.56 Å². The SMILES string of the molecule is CNc1ncnc2c1c(-c1ccc(OC(C)F)c(C)c1)nn2[C@H](c1cc2scc(C)n2c(=O)c1-c1ccccc1)C1CC1. The number of pyridine rings is 1. The lowest BCUT2D eigenvalue weighted by Gasteiger charge is -2.22. The smallest absolute Gasteiger partial charge is 0.264 e. The van der Waals surface area contributed by atoms with Crippen LogP contribution in [0.3, 0.4) is 0 Å². The number of thiazole rings is 1. The number of nitrogens with one attached hydrogen (secondary N) is 1. The Bertz CT molecular complexity index is 2040. The molecular weight excluding hydrogens is 563 g/mol. The van der Waals surface area contributed by atoms with Crippen LogP contribution in [0.1, 0.15) is 42.6 Å². The fourth-order valence-corrected chi connectivity index (χ4v) is 6.94. The Morgan fingerprint density at radius 1 is 1.07 bits per heavy atom. The number of nitrogens with zero attached hydrogens (tertiary/aromatic N) is 5. The quantitative estimate of drug-likeness (QED) is 0.201. The van der Waals surface area contributed by atoms with Crippen LogP contribution in [0.25, 0.3) is 38.2 Å². The molecule has 0 amide bonds. The summed E-state index contributed by atoms with van der Waals surface area (Å²) >= 11 is 1.57. The van der Waals surface area contributed by atoms with Crippen molar-refractivity contribution in [1.29, 1.82) is 0 Å². The summed E-state index contributed by atoms with van der Waals surface area (Å²) in [6.45, 7) is 5.22. The molecule has 1 aliphatic rings. The molecule has 8 nitrogen and oxygen atoms in total. The van der Waals surface area contributed by atoms with E-state index in [2.05, 4.69) is 16.4 Å². The van der Waals surface area contributed by atoms with Gasteiger partial charge in [-0.1, -0.05) is 30.3 Å². The highest BCUT2D eigenvalue weighted by atomic mass is 32.1. The van der Waals surface area contributed by atoms with Crippen LogP contribution in [-0.4, -0.2) is 37.6 Å². The predicted octanol–water partition coefficient (Wildman–Crippen LogP) is 7.19. The first-order valence-electron chi connectivity index (χ1n) is 14.4. The summed E-state index contributed by atoms with van der Waals surface area (Å²) < 4.78 is 22.8. The first-order valence-corrected chi connectivity index (χ1v) is 15.3. The Balaban J connectivity index is 1.50. The molecule has 1 aliphatic carbocycles. The summed E-state index contributed by atoms with van der Waals surface area (Å²) in [5.41, 5.74) is 6.42. The number of hydrogen-bond donors (Lipinski definition) is 1. The molecule has 4 heterocycles. The molecular formula is C33H31FN6O2S. The van der Waals surface area contributed by atoms with E-state index in [1.165, 1.54) is 6.92 Å². The fourth-order valence-electron chi connectivity index (χ4n) is 6.01. The molecule has 0 aliphatic heterocycles. The van der Waals surface area contributed by atoms with Crippen LogP contribution in [0.4, 0.5) is 10.2 Å². The van der Waals surface area contributed by atoms with E-state index in [0.717, 1.165) is 51.0 Å². The molecule has 0 spiro atoms. The third-order valence-electron chi connectivity index (χ3n) is 8.08. The van der Waals surface area contributed by atoms with Gasteiger partial charge in [0.2, 0.25) is 6.36 Å². The zero-order valence-corrected chi connectivity index (χ0v) is 25.2. The second kappa shape index (κ2) is 10.6. The van der Waals surface area contributed by atoms with Crippen LogP contribution >= 0.6 is 11.3 Å². The van der Waals surface area contributed by atoms with Gasteiger partial charge in [-0.15, -0.1) is 11.3 Å². The Hall–Kier alpha value is -4.57. The summed E-state index contributed by atoms with van der Waals surface area (Å²) in [5, 5.41) is 11.3. The van der Waals surface area contributed by atoms with Crippen LogP contribution in [0.5, 0.6) is 5.75 Å². The zero-order valence-electron chi connectivity index (χ0n) is 24.3. The molecule has 0 bridgehead atoms. The van der Waals surface area contributed by atoms with Gasteiger partial charge < -0.3 is 10.1 Å². The largest absolute Gasteiger partial charge is 0.460 e. The van der Waals surface area contributed by atoms with E-state index in [9.17, 15) is 9.18 Å². The normalized spacial score (nSPS) is 14.7. The topological polar surface area (TPSA) is 86.3 Å². The van der Waals surface area contributed by atoms with E-state index in [1.807, 2.05) is 73.4 Å². The van der Waals surface area contributed by atoms with Gasteiger partial charge in [-0.3, -0.25) is 9.20 Å². The summed E-state index contributed by atoms with van der Waals surface area (Å²) in [4.78, 5) is 24.4. The molecule has 2 aromatic carbocycles. The molecule has 1 fully saturated rings. The molecule has 7 rings (SSSR count). The minimum absolute atomic E-state index is 0.0290. The third-order valence-corrected chi connectivity index (χ3v) is 9.09. The van der Waals surface area contributed by atoms with Crippen molar-refractivity contribution in [1.82, 2.24) is 24.1 Å². The van der Waals surface area contributed by atoms with E-state index in [-0.39, 0.29) is 17.5 Å². The van der Waals surface area contributed by atoms with Gasteiger partial charge >= 0.3 is 0 Å². The lowest BCUT2D eigenvalue weighted by atomic mass is 9.93. The first kappa shape index (κ1) is 27.3. The first-order chi connectivity index (χ1) is 20.9. The average Bonchev–Trinajstić information content (AvgIpc) is 3.66. The number of aromatic nitrogens is 5. The van der Waals surface area contributed by atoms with E-state index in [4.69, 9.17) is 14.8 Å². The van der Waals surface area contributed by atoms with Crippen LogP contribution in [-0.2, 0) is 0 Å². The molecule has 6 aromatic rings. The highest BCUT2D eigenvalue weighted by molar-refractivity contribution is 7.15. The maximum absolute atomic E-state index is 14.2. The minimum Gasteiger partial charge on any atom is -0.460 e. The number of aryl methyl sites for hydroxylation is 2. The van der Waals surface area contributed by atoms with Crippen molar-refractivity contribution < 1.29 is 9.13 Å². The minimum atomic E-state index is -1.42. The van der Waals surface area contributed by atoms with E-state index in [1.54, 1.807) is 28.1 Å². The highest BCUT2D eigenvalue weighted by Crippen LogP contribution is 2.48. The van der Waals surface area contributed by atoms with Gasteiger partial charge in [-0.05, 0) is 73.6 Å². The Morgan fingerprint density at radius 2 is 1.86 bits per heavy atom. The maximum atomic E-state index is 14.2. The number of benzene rings is 2. The number of rotatable bonds is 8. The van der Waals surface area contributed by atoms with Crippen molar-refractivity contribution in [2.75, 3.05) is 12.4 Å². The Kier molecular flexibility index (Phi) is 6.73. The number of hydrogen-bond acceptors (Lipinski definition) is 7. The van der Waals surface area contributed by atoms with Crippen LogP contribution in [0.15, 0.2) is 71.1 Å². The lowest BCUT2D eigenvalue weighted by molar-refractivity contribution is 0.0853. The molecule has 1 saturated carbocycles. The molecule has 218 valence electrons. The van der Waals surface area contributed by atoms with Crippen molar-refractivity contribution in [2.45, 2.75) is 46.0 Å². The summed E-state index contributed by atoms with van der Waals surface area (Å²) in [7, 11) is 1.83. The molecule has 0 radical (unpaired) electrons. The molecule has 4 aromatic heterocycles. The van der Waals surface area contributed by atoms with Crippen molar-refractivity contribution in [3.63, 3.8) is 0 Å². The summed E-state index contributed by atoms with van der Waals surface area (Å²) in [6, 6.07) is 17.4. The monoisotopic (exact) mass is 594 g/mol.